The fourth-order valence-electron chi connectivity index (χ4n) is 5.33. The van der Waals surface area contributed by atoms with Gasteiger partial charge in [0, 0.05) is 37.0 Å². The molecule has 1 heterocycles. The zero-order chi connectivity index (χ0) is 30.0. The van der Waals surface area contributed by atoms with Crippen LogP contribution in [-0.4, -0.2) is 35.4 Å². The molecule has 6 rings (SSSR count). The summed E-state index contributed by atoms with van der Waals surface area (Å²) in [5.74, 6) is 0.926. The lowest BCUT2D eigenvalue weighted by Gasteiger charge is -2.38. The number of hydrogen-bond donors (Lipinski definition) is 2. The molecule has 0 atom stereocenters. The van der Waals surface area contributed by atoms with Crippen molar-refractivity contribution in [1.82, 2.24) is 4.90 Å². The van der Waals surface area contributed by atoms with E-state index in [-0.39, 0.29) is 17.3 Å². The van der Waals surface area contributed by atoms with Gasteiger partial charge in [-0.15, -0.1) is 0 Å². The van der Waals surface area contributed by atoms with Gasteiger partial charge in [-0.3, -0.25) is 0 Å². The van der Waals surface area contributed by atoms with E-state index in [0.29, 0.717) is 60.2 Å². The molecule has 0 spiro atoms. The molecule has 1 aliphatic carbocycles. The minimum Gasteiger partial charge on any atom is -0.457 e. The summed E-state index contributed by atoms with van der Waals surface area (Å²) in [5, 5.41) is 14.0. The van der Waals surface area contributed by atoms with Crippen LogP contribution in [0.15, 0.2) is 91.0 Å². The third-order valence-corrected chi connectivity index (χ3v) is 8.12. The average Bonchev–Trinajstić information content (AvgIpc) is 3.81. The van der Waals surface area contributed by atoms with E-state index in [1.165, 1.54) is 36.4 Å². The summed E-state index contributed by atoms with van der Waals surface area (Å²) < 4.78 is 38.8. The van der Waals surface area contributed by atoms with Crippen molar-refractivity contribution in [1.29, 1.82) is 0 Å². The van der Waals surface area contributed by atoms with Gasteiger partial charge in [0.05, 0.1) is 11.0 Å². The highest BCUT2D eigenvalue weighted by Gasteiger charge is 2.44. The molecule has 2 N–H and O–H groups in total. The van der Waals surface area contributed by atoms with E-state index in [9.17, 15) is 23.5 Å². The number of rotatable bonds is 8. The summed E-state index contributed by atoms with van der Waals surface area (Å²) in [5.41, 5.74) is 0.446. The lowest BCUT2D eigenvalue weighted by atomic mass is 9.84. The van der Waals surface area contributed by atoms with Gasteiger partial charge < -0.3 is 29.6 Å². The summed E-state index contributed by atoms with van der Waals surface area (Å²) in [7, 11) is 0. The van der Waals surface area contributed by atoms with Gasteiger partial charge in [-0.25, -0.2) is 13.6 Å². The molecule has 2 fully saturated rings. The number of aldehydes is 1. The topological polar surface area (TPSA) is 88.1 Å². The number of anilines is 1. The number of carbonyl (C=O) groups excluding carboxylic acids is 2. The molecule has 1 saturated carbocycles. The first-order chi connectivity index (χ1) is 20.7. The molecule has 2 amide bonds. The molecule has 0 radical (unpaired) electrons. The second kappa shape index (κ2) is 11.5. The molecule has 9 heteroatoms. The molecular formula is C34H30F2N2O5. The Bertz CT molecular complexity index is 1610. The Hall–Kier alpha value is -4.76. The number of nitrogens with one attached hydrogen (secondary N) is 1. The summed E-state index contributed by atoms with van der Waals surface area (Å²) in [6, 6.07) is 23.3. The summed E-state index contributed by atoms with van der Waals surface area (Å²) >= 11 is 0. The maximum Gasteiger partial charge on any atom is 0.321 e. The third-order valence-electron chi connectivity index (χ3n) is 8.12. The number of aliphatic hydroxyl groups is 1. The van der Waals surface area contributed by atoms with Gasteiger partial charge in [-0.2, -0.15) is 0 Å². The van der Waals surface area contributed by atoms with Crippen molar-refractivity contribution in [3.63, 3.8) is 0 Å². The predicted octanol–water partition coefficient (Wildman–Crippen LogP) is 7.30. The monoisotopic (exact) mass is 584 g/mol. The lowest BCUT2D eigenvalue weighted by molar-refractivity contribution is -0.109. The Morgan fingerprint density at radius 2 is 1.21 bits per heavy atom. The van der Waals surface area contributed by atoms with Crippen LogP contribution in [-0.2, 0) is 15.8 Å². The molecular weight excluding hydrogens is 554 g/mol. The second-order valence-corrected chi connectivity index (χ2v) is 11.1. The normalized spacial score (nSPS) is 16.7. The SMILES string of the molecule is O=CC1(c2ccc(Oc3cc(NC(=O)N4CCC(O)(c5ccc(F)cc5)CC4)cc(Oc4ccc(F)cc4)c3)cc2)CC1. The summed E-state index contributed by atoms with van der Waals surface area (Å²) in [6.07, 6.45) is 3.28. The highest BCUT2D eigenvalue weighted by molar-refractivity contribution is 5.90. The van der Waals surface area contributed by atoms with Gasteiger partial charge >= 0.3 is 6.03 Å². The van der Waals surface area contributed by atoms with E-state index in [0.717, 1.165) is 24.7 Å². The standard InChI is InChI=1S/C34H30F2N2O5/c35-25-5-1-24(2-6-25)34(41)15-17-38(18-16-34)32(40)37-27-19-30(21-31(20-27)43-29-11-7-26(36)8-12-29)42-28-9-3-23(4-10-28)33(22-39)13-14-33/h1-12,19-22,41H,13-18H2,(H,37,40). The Morgan fingerprint density at radius 3 is 1.72 bits per heavy atom. The summed E-state index contributed by atoms with van der Waals surface area (Å²) in [4.78, 5) is 26.3. The van der Waals surface area contributed by atoms with Gasteiger partial charge in [0.25, 0.3) is 0 Å². The number of ether oxygens (including phenoxy) is 2. The predicted molar refractivity (Wildman–Crippen MR) is 157 cm³/mol. The highest BCUT2D eigenvalue weighted by Crippen LogP contribution is 2.46. The number of nitrogens with zero attached hydrogens (tertiary/aromatic N) is 1. The Kier molecular flexibility index (Phi) is 7.58. The van der Waals surface area contributed by atoms with Gasteiger partial charge in [0.15, 0.2) is 0 Å². The zero-order valence-corrected chi connectivity index (χ0v) is 23.3. The third kappa shape index (κ3) is 6.36. The number of benzene rings is 4. The highest BCUT2D eigenvalue weighted by atomic mass is 19.1. The number of halogens is 2. The molecule has 1 saturated heterocycles. The Balaban J connectivity index is 1.18. The van der Waals surface area contributed by atoms with Gasteiger partial charge in [0.2, 0.25) is 0 Å². The van der Waals surface area contributed by atoms with Crippen LogP contribution >= 0.6 is 0 Å². The molecule has 1 aliphatic heterocycles. The number of piperidine rings is 1. The van der Waals surface area contributed by atoms with E-state index in [1.54, 1.807) is 47.4 Å². The van der Waals surface area contributed by atoms with Crippen LogP contribution < -0.4 is 14.8 Å². The van der Waals surface area contributed by atoms with Crippen molar-refractivity contribution in [2.24, 2.45) is 0 Å². The lowest BCUT2D eigenvalue weighted by Crippen LogP contribution is -2.46. The molecule has 43 heavy (non-hydrogen) atoms. The number of likely N-dealkylation sites (tertiary alicyclic amines) is 1. The summed E-state index contributed by atoms with van der Waals surface area (Å²) in [6.45, 7) is 0.590. The number of urea groups is 1. The van der Waals surface area contributed by atoms with Crippen LogP contribution in [0.1, 0.15) is 36.8 Å². The van der Waals surface area contributed by atoms with Crippen molar-refractivity contribution in [3.05, 3.63) is 114 Å². The zero-order valence-electron chi connectivity index (χ0n) is 23.3. The Morgan fingerprint density at radius 1 is 0.721 bits per heavy atom. The maximum absolute atomic E-state index is 13.4. The van der Waals surface area contributed by atoms with Gasteiger partial charge in [-0.1, -0.05) is 24.3 Å². The quantitative estimate of drug-likeness (QED) is 0.212. The van der Waals surface area contributed by atoms with Crippen LogP contribution in [0.3, 0.4) is 0 Å². The first-order valence-corrected chi connectivity index (χ1v) is 14.1. The van der Waals surface area contributed by atoms with Crippen LogP contribution in [0, 0.1) is 11.6 Å². The first-order valence-electron chi connectivity index (χ1n) is 14.1. The second-order valence-electron chi connectivity index (χ2n) is 11.1. The fourth-order valence-corrected chi connectivity index (χ4v) is 5.33. The Labute approximate surface area is 247 Å². The molecule has 7 nitrogen and oxygen atoms in total. The smallest absolute Gasteiger partial charge is 0.321 e. The van der Waals surface area contributed by atoms with Crippen LogP contribution in [0.25, 0.3) is 0 Å². The van der Waals surface area contributed by atoms with E-state index >= 15 is 0 Å². The number of amides is 2. The molecule has 0 unspecified atom stereocenters. The van der Waals surface area contributed by atoms with Gasteiger partial charge in [-0.05, 0) is 85.3 Å². The maximum atomic E-state index is 13.4. The van der Waals surface area contributed by atoms with Crippen LogP contribution in [0.5, 0.6) is 23.0 Å². The minimum absolute atomic E-state index is 0.295. The molecule has 2 aliphatic rings. The van der Waals surface area contributed by atoms with Crippen molar-refractivity contribution >= 4 is 18.0 Å². The van der Waals surface area contributed by atoms with Crippen molar-refractivity contribution in [2.45, 2.75) is 36.7 Å². The number of hydrogen-bond acceptors (Lipinski definition) is 5. The molecule has 0 aromatic heterocycles. The largest absolute Gasteiger partial charge is 0.457 e. The van der Waals surface area contributed by atoms with Gasteiger partial charge in [0.1, 0.15) is 40.9 Å². The van der Waals surface area contributed by atoms with Crippen molar-refractivity contribution in [3.8, 4) is 23.0 Å². The average molecular weight is 585 g/mol. The van der Waals surface area contributed by atoms with E-state index in [2.05, 4.69) is 5.32 Å². The molecule has 0 bridgehead atoms. The van der Waals surface area contributed by atoms with Crippen LogP contribution in [0.2, 0.25) is 0 Å². The first kappa shape index (κ1) is 28.4. The fraction of sp³-hybridized carbons (Fsp3) is 0.235. The molecule has 220 valence electrons. The van der Waals surface area contributed by atoms with Crippen LogP contribution in [0.4, 0.5) is 19.3 Å². The van der Waals surface area contributed by atoms with E-state index in [4.69, 9.17) is 9.47 Å². The number of carbonyl (C=O) groups is 2. The minimum atomic E-state index is -1.14. The molecule has 4 aromatic carbocycles. The molecule has 4 aromatic rings. The van der Waals surface area contributed by atoms with E-state index in [1.807, 2.05) is 12.1 Å². The van der Waals surface area contributed by atoms with E-state index < -0.39 is 11.4 Å². The van der Waals surface area contributed by atoms with Crippen molar-refractivity contribution in [2.75, 3.05) is 18.4 Å². The van der Waals surface area contributed by atoms with Crippen molar-refractivity contribution < 1.29 is 33.0 Å².